The Balaban J connectivity index is 1.41. The number of carbonyl (C=O) groups is 2. The van der Waals surface area contributed by atoms with Gasteiger partial charge in [0.05, 0.1) is 0 Å². The molecule has 2 aliphatic carbocycles. The summed E-state index contributed by atoms with van der Waals surface area (Å²) in [5, 5.41) is 3.09. The third-order valence-electron chi connectivity index (χ3n) is 5.73. The average molecular weight is 274 g/mol. The molecule has 5 unspecified atom stereocenters. The van der Waals surface area contributed by atoms with Crippen LogP contribution < -0.4 is 5.32 Å². The Kier molecular flexibility index (Phi) is 2.86. The van der Waals surface area contributed by atoms with Gasteiger partial charge in [-0.3, -0.25) is 9.59 Å². The second-order valence-corrected chi connectivity index (χ2v) is 6.93. The molecular weight excluding hydrogens is 252 g/mol. The van der Waals surface area contributed by atoms with Crippen molar-refractivity contribution in [3.63, 3.8) is 0 Å². The van der Waals surface area contributed by atoms with E-state index in [1.807, 2.05) is 0 Å². The average Bonchev–Trinajstić information content (AvgIpc) is 3.08. The maximum atomic E-state index is 12.7. The molecule has 108 valence electrons. The van der Waals surface area contributed by atoms with Crippen molar-refractivity contribution < 1.29 is 9.59 Å². The molecule has 0 aromatic rings. The minimum absolute atomic E-state index is 0.185. The largest absolute Gasteiger partial charge is 0.353 e. The zero-order valence-corrected chi connectivity index (χ0v) is 11.8. The van der Waals surface area contributed by atoms with Gasteiger partial charge >= 0.3 is 0 Å². The zero-order chi connectivity index (χ0) is 13.7. The van der Waals surface area contributed by atoms with Gasteiger partial charge in [-0.25, -0.2) is 0 Å². The summed E-state index contributed by atoms with van der Waals surface area (Å²) >= 11 is 0. The lowest BCUT2D eigenvalue weighted by Gasteiger charge is -2.42. The molecule has 0 aromatic carbocycles. The number of carbonyl (C=O) groups excluding carboxylic acids is 2. The molecule has 20 heavy (non-hydrogen) atoms. The van der Waals surface area contributed by atoms with Crippen LogP contribution in [0.2, 0.25) is 0 Å². The first-order valence-electron chi connectivity index (χ1n) is 7.97. The first-order valence-corrected chi connectivity index (χ1v) is 7.97. The van der Waals surface area contributed by atoms with Crippen molar-refractivity contribution in [1.82, 2.24) is 10.2 Å². The molecule has 5 atom stereocenters. The van der Waals surface area contributed by atoms with Gasteiger partial charge in [0.2, 0.25) is 11.8 Å². The summed E-state index contributed by atoms with van der Waals surface area (Å²) in [6.45, 7) is 1.67. The highest BCUT2D eigenvalue weighted by Gasteiger charge is 2.43. The lowest BCUT2D eigenvalue weighted by molar-refractivity contribution is -0.139. The summed E-state index contributed by atoms with van der Waals surface area (Å²) in [6.07, 6.45) is 9.28. The van der Waals surface area contributed by atoms with Crippen molar-refractivity contribution in [2.75, 3.05) is 13.1 Å². The molecule has 1 N–H and O–H groups in total. The molecule has 2 amide bonds. The van der Waals surface area contributed by atoms with Gasteiger partial charge < -0.3 is 10.2 Å². The molecule has 4 nitrogen and oxygen atoms in total. The number of hydrogen-bond donors (Lipinski definition) is 1. The van der Waals surface area contributed by atoms with Crippen molar-refractivity contribution in [3.05, 3.63) is 12.2 Å². The van der Waals surface area contributed by atoms with E-state index < -0.39 is 0 Å². The third-order valence-corrected chi connectivity index (χ3v) is 5.73. The maximum Gasteiger partial charge on any atom is 0.226 e. The van der Waals surface area contributed by atoms with Gasteiger partial charge in [-0.1, -0.05) is 12.2 Å². The standard InChI is InChI=1S/C16H22N2O2/c19-15-4-3-12-9-18(6-5-14(12)17-15)16(20)13-8-10-1-2-11(13)7-10/h1-2,10-14H,3-9H2,(H,17,19). The van der Waals surface area contributed by atoms with Crippen LogP contribution in [-0.2, 0) is 9.59 Å². The number of likely N-dealkylation sites (tertiary alicyclic amines) is 1. The lowest BCUT2D eigenvalue weighted by Crippen LogP contribution is -2.56. The van der Waals surface area contributed by atoms with E-state index in [-0.39, 0.29) is 11.8 Å². The highest BCUT2D eigenvalue weighted by Crippen LogP contribution is 2.44. The first-order chi connectivity index (χ1) is 9.70. The van der Waals surface area contributed by atoms with Crippen molar-refractivity contribution in [1.29, 1.82) is 0 Å². The lowest BCUT2D eigenvalue weighted by atomic mass is 9.84. The van der Waals surface area contributed by atoms with E-state index in [0.717, 1.165) is 32.4 Å². The third kappa shape index (κ3) is 1.97. The van der Waals surface area contributed by atoms with Crippen molar-refractivity contribution in [2.45, 2.75) is 38.1 Å². The van der Waals surface area contributed by atoms with E-state index >= 15 is 0 Å². The Labute approximate surface area is 119 Å². The van der Waals surface area contributed by atoms with Crippen molar-refractivity contribution in [2.24, 2.45) is 23.7 Å². The number of allylic oxidation sites excluding steroid dienone is 2. The predicted octanol–water partition coefficient (Wildman–Crippen LogP) is 1.33. The van der Waals surface area contributed by atoms with Gasteiger partial charge in [0, 0.05) is 31.5 Å². The van der Waals surface area contributed by atoms with Gasteiger partial charge in [0.15, 0.2) is 0 Å². The number of nitrogens with one attached hydrogen (secondary N) is 1. The Bertz CT molecular complexity index is 473. The van der Waals surface area contributed by atoms with Gasteiger partial charge in [0.1, 0.15) is 0 Å². The fraction of sp³-hybridized carbons (Fsp3) is 0.750. The number of nitrogens with zero attached hydrogens (tertiary/aromatic N) is 1. The molecule has 0 aromatic heterocycles. The van der Waals surface area contributed by atoms with Crippen LogP contribution in [0.3, 0.4) is 0 Å². The van der Waals surface area contributed by atoms with E-state index in [4.69, 9.17) is 0 Å². The number of hydrogen-bond acceptors (Lipinski definition) is 2. The SMILES string of the molecule is O=C1CCC2CN(C(=O)C3CC4C=CC3C4)CCC2N1. The molecule has 2 bridgehead atoms. The molecule has 1 saturated carbocycles. The number of piperidine rings is 2. The monoisotopic (exact) mass is 274 g/mol. The van der Waals surface area contributed by atoms with Crippen LogP contribution in [0.5, 0.6) is 0 Å². The predicted molar refractivity (Wildman–Crippen MR) is 74.7 cm³/mol. The molecule has 4 rings (SSSR count). The van der Waals surface area contributed by atoms with Crippen LogP contribution in [0.25, 0.3) is 0 Å². The van der Waals surface area contributed by atoms with Crippen LogP contribution in [0.1, 0.15) is 32.1 Å². The van der Waals surface area contributed by atoms with E-state index in [1.54, 1.807) is 0 Å². The summed E-state index contributed by atoms with van der Waals surface area (Å²) < 4.78 is 0. The molecular formula is C16H22N2O2. The highest BCUT2D eigenvalue weighted by atomic mass is 16.2. The van der Waals surface area contributed by atoms with Crippen LogP contribution >= 0.6 is 0 Å². The Morgan fingerprint density at radius 3 is 2.90 bits per heavy atom. The fourth-order valence-electron chi connectivity index (χ4n) is 4.61. The van der Waals surface area contributed by atoms with E-state index in [0.29, 0.717) is 36.1 Å². The molecule has 2 saturated heterocycles. The molecule has 0 radical (unpaired) electrons. The molecule has 0 spiro atoms. The fourth-order valence-corrected chi connectivity index (χ4v) is 4.61. The molecule has 4 heteroatoms. The summed E-state index contributed by atoms with van der Waals surface area (Å²) in [7, 11) is 0. The topological polar surface area (TPSA) is 49.4 Å². The van der Waals surface area contributed by atoms with Crippen LogP contribution in [0, 0.1) is 23.7 Å². The highest BCUT2D eigenvalue weighted by molar-refractivity contribution is 5.81. The van der Waals surface area contributed by atoms with E-state index in [2.05, 4.69) is 22.4 Å². The van der Waals surface area contributed by atoms with Crippen LogP contribution in [0.15, 0.2) is 12.2 Å². The van der Waals surface area contributed by atoms with Crippen LogP contribution in [-0.4, -0.2) is 35.8 Å². The second-order valence-electron chi connectivity index (χ2n) is 6.93. The van der Waals surface area contributed by atoms with Gasteiger partial charge in [-0.2, -0.15) is 0 Å². The van der Waals surface area contributed by atoms with Crippen molar-refractivity contribution >= 4 is 11.8 Å². The van der Waals surface area contributed by atoms with E-state index in [9.17, 15) is 9.59 Å². The minimum atomic E-state index is 0.185. The van der Waals surface area contributed by atoms with E-state index in [1.165, 1.54) is 6.42 Å². The zero-order valence-electron chi connectivity index (χ0n) is 11.8. The molecule has 2 aliphatic heterocycles. The van der Waals surface area contributed by atoms with Gasteiger partial charge in [0.25, 0.3) is 0 Å². The maximum absolute atomic E-state index is 12.7. The number of rotatable bonds is 1. The summed E-state index contributed by atoms with van der Waals surface area (Å²) in [5.74, 6) is 2.41. The number of fused-ring (bicyclic) bond motifs is 3. The van der Waals surface area contributed by atoms with Gasteiger partial charge in [-0.15, -0.1) is 0 Å². The second kappa shape index (κ2) is 4.61. The number of amides is 2. The van der Waals surface area contributed by atoms with Crippen molar-refractivity contribution in [3.8, 4) is 0 Å². The van der Waals surface area contributed by atoms with Crippen LogP contribution in [0.4, 0.5) is 0 Å². The minimum Gasteiger partial charge on any atom is -0.353 e. The summed E-state index contributed by atoms with van der Waals surface area (Å²) in [5.41, 5.74) is 0. The summed E-state index contributed by atoms with van der Waals surface area (Å²) in [4.78, 5) is 26.2. The Morgan fingerprint density at radius 2 is 2.15 bits per heavy atom. The normalized spacial score (nSPS) is 42.5. The molecule has 3 fully saturated rings. The quantitative estimate of drug-likeness (QED) is 0.733. The Morgan fingerprint density at radius 1 is 1.25 bits per heavy atom. The summed E-state index contributed by atoms with van der Waals surface area (Å²) in [6, 6.07) is 0.306. The molecule has 4 aliphatic rings. The first kappa shape index (κ1) is 12.4. The van der Waals surface area contributed by atoms with Gasteiger partial charge in [-0.05, 0) is 43.4 Å². The smallest absolute Gasteiger partial charge is 0.226 e. The Hall–Kier alpha value is -1.32. The molecule has 2 heterocycles.